The number of rotatable bonds is 5. The summed E-state index contributed by atoms with van der Waals surface area (Å²) in [5.74, 6) is 0.0296. The molecule has 2 aliphatic rings. The highest BCUT2D eigenvalue weighted by atomic mass is 16.2. The summed E-state index contributed by atoms with van der Waals surface area (Å²) in [6, 6.07) is 10.3. The molecule has 5 heteroatoms. The molecular formula is C16H20N4O. The zero-order valence-electron chi connectivity index (χ0n) is 12.0. The van der Waals surface area contributed by atoms with Crippen molar-refractivity contribution in [3.63, 3.8) is 0 Å². The number of anilines is 1. The van der Waals surface area contributed by atoms with E-state index >= 15 is 0 Å². The molecule has 2 N–H and O–H groups in total. The minimum Gasteiger partial charge on any atom is -0.376 e. The molecule has 1 aliphatic heterocycles. The molecule has 1 heterocycles. The molecule has 0 bridgehead atoms. The van der Waals surface area contributed by atoms with Crippen LogP contribution in [-0.2, 0) is 4.79 Å². The molecule has 0 spiro atoms. The summed E-state index contributed by atoms with van der Waals surface area (Å²) in [5.41, 5.74) is 1.48. The van der Waals surface area contributed by atoms with Gasteiger partial charge in [-0.05, 0) is 43.5 Å². The minimum atomic E-state index is 0.0296. The molecule has 1 atom stereocenters. The van der Waals surface area contributed by atoms with Crippen molar-refractivity contribution in [1.82, 2.24) is 10.2 Å². The second-order valence-corrected chi connectivity index (χ2v) is 5.82. The van der Waals surface area contributed by atoms with Gasteiger partial charge in [0.2, 0.25) is 5.91 Å². The standard InChI is InChI=1S/C16H20N4O/c17-9-12-1-3-13(4-2-12)18-10-16(21)19-14-7-8-20(11-14)15-5-6-15/h1-4,14-15,18H,5-8,10-11H2,(H,19,21)/t14-/m1/s1. The predicted molar refractivity (Wildman–Crippen MR) is 80.8 cm³/mol. The van der Waals surface area contributed by atoms with Crippen LogP contribution < -0.4 is 10.6 Å². The molecule has 1 aromatic carbocycles. The molecule has 0 radical (unpaired) electrons. The zero-order valence-corrected chi connectivity index (χ0v) is 12.0. The van der Waals surface area contributed by atoms with E-state index in [2.05, 4.69) is 21.6 Å². The van der Waals surface area contributed by atoms with Crippen LogP contribution in [0.15, 0.2) is 24.3 Å². The molecule has 0 unspecified atom stereocenters. The fourth-order valence-corrected chi connectivity index (χ4v) is 2.80. The Balaban J connectivity index is 1.40. The Hall–Kier alpha value is -2.06. The average molecular weight is 284 g/mol. The summed E-state index contributed by atoms with van der Waals surface area (Å²) < 4.78 is 0. The Kier molecular flexibility index (Phi) is 4.07. The number of nitrogens with one attached hydrogen (secondary N) is 2. The van der Waals surface area contributed by atoms with E-state index in [4.69, 9.17) is 5.26 Å². The largest absolute Gasteiger partial charge is 0.376 e. The second-order valence-electron chi connectivity index (χ2n) is 5.82. The SMILES string of the molecule is N#Cc1ccc(NCC(=O)N[C@@H]2CCN(C3CC3)C2)cc1. The van der Waals surface area contributed by atoms with Gasteiger partial charge in [0, 0.05) is 30.9 Å². The van der Waals surface area contributed by atoms with E-state index in [0.717, 1.165) is 31.2 Å². The molecule has 21 heavy (non-hydrogen) atoms. The van der Waals surface area contributed by atoms with Crippen molar-refractivity contribution in [2.24, 2.45) is 0 Å². The van der Waals surface area contributed by atoms with Crippen LogP contribution in [0.1, 0.15) is 24.8 Å². The summed E-state index contributed by atoms with van der Waals surface area (Å²) in [4.78, 5) is 14.4. The second kappa shape index (κ2) is 6.15. The van der Waals surface area contributed by atoms with Gasteiger partial charge >= 0.3 is 0 Å². The third-order valence-corrected chi connectivity index (χ3v) is 4.12. The summed E-state index contributed by atoms with van der Waals surface area (Å²) in [7, 11) is 0. The number of carbonyl (C=O) groups is 1. The highest BCUT2D eigenvalue weighted by molar-refractivity contribution is 5.81. The first-order valence-corrected chi connectivity index (χ1v) is 7.52. The molecule has 110 valence electrons. The quantitative estimate of drug-likeness (QED) is 0.856. The average Bonchev–Trinajstić information content (AvgIpc) is 3.26. The molecule has 1 aromatic rings. The maximum atomic E-state index is 11.9. The van der Waals surface area contributed by atoms with Crippen molar-refractivity contribution in [2.45, 2.75) is 31.3 Å². The van der Waals surface area contributed by atoms with Crippen molar-refractivity contribution < 1.29 is 4.79 Å². The summed E-state index contributed by atoms with van der Waals surface area (Å²) >= 11 is 0. The van der Waals surface area contributed by atoms with Gasteiger partial charge in [-0.15, -0.1) is 0 Å². The van der Waals surface area contributed by atoms with E-state index in [1.165, 1.54) is 12.8 Å². The molecule has 2 fully saturated rings. The van der Waals surface area contributed by atoms with Crippen molar-refractivity contribution in [3.8, 4) is 6.07 Å². The number of carbonyl (C=O) groups excluding carboxylic acids is 1. The lowest BCUT2D eigenvalue weighted by Crippen LogP contribution is -2.40. The van der Waals surface area contributed by atoms with Crippen LogP contribution in [0.4, 0.5) is 5.69 Å². The number of benzene rings is 1. The van der Waals surface area contributed by atoms with E-state index in [1.54, 1.807) is 12.1 Å². The fraction of sp³-hybridized carbons (Fsp3) is 0.500. The molecule has 1 aliphatic carbocycles. The Bertz CT molecular complexity index is 544. The van der Waals surface area contributed by atoms with Gasteiger partial charge in [-0.3, -0.25) is 9.69 Å². The Morgan fingerprint density at radius 2 is 2.05 bits per heavy atom. The highest BCUT2D eigenvalue weighted by Gasteiger charge is 2.34. The number of nitriles is 1. The van der Waals surface area contributed by atoms with Crippen molar-refractivity contribution in [3.05, 3.63) is 29.8 Å². The number of hydrogen-bond acceptors (Lipinski definition) is 4. The topological polar surface area (TPSA) is 68.2 Å². The Labute approximate surface area is 124 Å². The monoisotopic (exact) mass is 284 g/mol. The van der Waals surface area contributed by atoms with Crippen LogP contribution in [-0.4, -0.2) is 42.5 Å². The maximum Gasteiger partial charge on any atom is 0.239 e. The van der Waals surface area contributed by atoms with Gasteiger partial charge in [0.05, 0.1) is 18.2 Å². The van der Waals surface area contributed by atoms with E-state index in [-0.39, 0.29) is 12.5 Å². The first-order valence-electron chi connectivity index (χ1n) is 7.52. The third-order valence-electron chi connectivity index (χ3n) is 4.12. The molecule has 1 saturated heterocycles. The van der Waals surface area contributed by atoms with Crippen molar-refractivity contribution >= 4 is 11.6 Å². The molecule has 3 rings (SSSR count). The van der Waals surface area contributed by atoms with Crippen molar-refractivity contribution in [2.75, 3.05) is 25.0 Å². The van der Waals surface area contributed by atoms with Crippen LogP contribution in [0.2, 0.25) is 0 Å². The first kappa shape index (κ1) is 13.9. The Morgan fingerprint density at radius 3 is 2.71 bits per heavy atom. The van der Waals surface area contributed by atoms with E-state index in [1.807, 2.05) is 12.1 Å². The highest BCUT2D eigenvalue weighted by Crippen LogP contribution is 2.29. The summed E-state index contributed by atoms with van der Waals surface area (Å²) in [5, 5.41) is 14.9. The molecule has 5 nitrogen and oxygen atoms in total. The van der Waals surface area contributed by atoms with Gasteiger partial charge in [-0.1, -0.05) is 0 Å². The van der Waals surface area contributed by atoms with Crippen LogP contribution in [0.25, 0.3) is 0 Å². The van der Waals surface area contributed by atoms with Crippen LogP contribution in [0.5, 0.6) is 0 Å². The van der Waals surface area contributed by atoms with Crippen LogP contribution in [0.3, 0.4) is 0 Å². The summed E-state index contributed by atoms with van der Waals surface area (Å²) in [6.07, 6.45) is 3.70. The van der Waals surface area contributed by atoms with Gasteiger partial charge in [-0.25, -0.2) is 0 Å². The minimum absolute atomic E-state index is 0.0296. The molecule has 1 amide bonds. The number of amides is 1. The van der Waals surface area contributed by atoms with E-state index < -0.39 is 0 Å². The van der Waals surface area contributed by atoms with Gasteiger partial charge in [0.15, 0.2) is 0 Å². The lowest BCUT2D eigenvalue weighted by atomic mass is 10.2. The smallest absolute Gasteiger partial charge is 0.239 e. The lowest BCUT2D eigenvalue weighted by Gasteiger charge is -2.16. The summed E-state index contributed by atoms with van der Waals surface area (Å²) in [6.45, 7) is 2.37. The van der Waals surface area contributed by atoms with Crippen LogP contribution in [0, 0.1) is 11.3 Å². The van der Waals surface area contributed by atoms with E-state index in [9.17, 15) is 4.79 Å². The van der Waals surface area contributed by atoms with Gasteiger partial charge in [0.1, 0.15) is 0 Å². The molecular weight excluding hydrogens is 264 g/mol. The molecule has 0 aromatic heterocycles. The van der Waals surface area contributed by atoms with E-state index in [0.29, 0.717) is 11.6 Å². The van der Waals surface area contributed by atoms with Crippen LogP contribution >= 0.6 is 0 Å². The first-order chi connectivity index (χ1) is 10.2. The fourth-order valence-electron chi connectivity index (χ4n) is 2.80. The van der Waals surface area contributed by atoms with Crippen molar-refractivity contribution in [1.29, 1.82) is 5.26 Å². The number of likely N-dealkylation sites (tertiary alicyclic amines) is 1. The molecule has 1 saturated carbocycles. The third kappa shape index (κ3) is 3.73. The maximum absolute atomic E-state index is 11.9. The normalized spacial score (nSPS) is 21.8. The predicted octanol–water partition coefficient (Wildman–Crippen LogP) is 1.32. The van der Waals surface area contributed by atoms with Gasteiger partial charge < -0.3 is 10.6 Å². The number of nitrogens with zero attached hydrogens (tertiary/aromatic N) is 2. The zero-order chi connectivity index (χ0) is 14.7. The Morgan fingerprint density at radius 1 is 1.29 bits per heavy atom. The lowest BCUT2D eigenvalue weighted by molar-refractivity contribution is -0.120. The van der Waals surface area contributed by atoms with Gasteiger partial charge in [-0.2, -0.15) is 5.26 Å². The number of hydrogen-bond donors (Lipinski definition) is 2. The van der Waals surface area contributed by atoms with Gasteiger partial charge in [0.25, 0.3) is 0 Å².